The second-order valence-electron chi connectivity index (χ2n) is 7.69. The molecular formula is C18H26F2N4O3. The molecule has 4 rings (SSSR count). The van der Waals surface area contributed by atoms with Crippen molar-refractivity contribution >= 4 is 5.91 Å². The second kappa shape index (κ2) is 7.44. The average molecular weight is 384 g/mol. The third kappa shape index (κ3) is 3.72. The highest BCUT2D eigenvalue weighted by Gasteiger charge is 2.45. The van der Waals surface area contributed by atoms with Crippen molar-refractivity contribution in [3.63, 3.8) is 0 Å². The van der Waals surface area contributed by atoms with Crippen molar-refractivity contribution in [2.45, 2.75) is 37.3 Å². The maximum atomic E-state index is 13.1. The molecule has 0 N–H and O–H groups in total. The smallest absolute Gasteiger partial charge is 0.282 e. The molecule has 0 bridgehead atoms. The quantitative estimate of drug-likeness (QED) is 0.790. The van der Waals surface area contributed by atoms with Crippen LogP contribution in [-0.4, -0.2) is 83.1 Å². The lowest BCUT2D eigenvalue weighted by atomic mass is 9.86. The van der Waals surface area contributed by atoms with Crippen LogP contribution in [0.2, 0.25) is 0 Å². The molecule has 0 saturated carbocycles. The lowest BCUT2D eigenvalue weighted by molar-refractivity contribution is -0.0401. The van der Waals surface area contributed by atoms with Gasteiger partial charge < -0.3 is 14.4 Å². The van der Waals surface area contributed by atoms with Gasteiger partial charge in [-0.1, -0.05) is 0 Å². The van der Waals surface area contributed by atoms with Crippen LogP contribution in [0.25, 0.3) is 0 Å². The van der Waals surface area contributed by atoms with Gasteiger partial charge in [-0.25, -0.2) is 8.78 Å². The Hall–Kier alpha value is -1.58. The fraction of sp³-hybridized carbons (Fsp3) is 0.778. The van der Waals surface area contributed by atoms with Crippen LogP contribution in [0.4, 0.5) is 8.78 Å². The summed E-state index contributed by atoms with van der Waals surface area (Å²) < 4.78 is 39.2. The van der Waals surface area contributed by atoms with Gasteiger partial charge in [0.2, 0.25) is 0 Å². The van der Waals surface area contributed by atoms with Crippen LogP contribution in [-0.2, 0) is 16.5 Å². The number of aryl methyl sites for hydroxylation is 1. The molecule has 9 heteroatoms. The van der Waals surface area contributed by atoms with Gasteiger partial charge in [0.15, 0.2) is 0 Å². The number of piperidine rings is 1. The maximum absolute atomic E-state index is 13.1. The minimum atomic E-state index is -2.76. The number of carbonyl (C=O) groups is 1. The molecule has 3 aliphatic heterocycles. The summed E-state index contributed by atoms with van der Waals surface area (Å²) in [6.45, 7) is 5.16. The highest BCUT2D eigenvalue weighted by atomic mass is 19.3. The van der Waals surface area contributed by atoms with Crippen LogP contribution in [0.5, 0.6) is 0 Å². The van der Waals surface area contributed by atoms with Gasteiger partial charge in [-0.15, -0.1) is 0 Å². The number of aromatic nitrogens is 2. The summed E-state index contributed by atoms with van der Waals surface area (Å²) in [6.07, 6.45) is 1.07. The van der Waals surface area contributed by atoms with Crippen LogP contribution in [0.15, 0.2) is 6.20 Å². The first-order chi connectivity index (χ1) is 13.0. The Morgan fingerprint density at radius 2 is 1.96 bits per heavy atom. The van der Waals surface area contributed by atoms with E-state index in [9.17, 15) is 13.6 Å². The number of amides is 1. The monoisotopic (exact) mass is 384 g/mol. The van der Waals surface area contributed by atoms with E-state index in [0.717, 1.165) is 45.6 Å². The first kappa shape index (κ1) is 18.8. The minimum absolute atomic E-state index is 0.00184. The number of hydrogen-bond donors (Lipinski definition) is 0. The average Bonchev–Trinajstić information content (AvgIpc) is 3.27. The van der Waals surface area contributed by atoms with Crippen LogP contribution in [0.1, 0.15) is 41.7 Å². The van der Waals surface area contributed by atoms with Crippen molar-refractivity contribution < 1.29 is 23.0 Å². The largest absolute Gasteiger partial charge is 0.379 e. The molecule has 27 heavy (non-hydrogen) atoms. The molecule has 0 aromatic carbocycles. The van der Waals surface area contributed by atoms with E-state index >= 15 is 0 Å². The molecular weight excluding hydrogens is 358 g/mol. The number of hydrogen-bond acceptors (Lipinski definition) is 5. The van der Waals surface area contributed by atoms with Gasteiger partial charge >= 0.3 is 0 Å². The molecule has 1 atom stereocenters. The van der Waals surface area contributed by atoms with Crippen molar-refractivity contribution in [1.82, 2.24) is 19.6 Å². The zero-order valence-corrected chi connectivity index (χ0v) is 15.6. The maximum Gasteiger partial charge on any atom is 0.282 e. The molecule has 3 fully saturated rings. The zero-order chi connectivity index (χ0) is 19.0. The van der Waals surface area contributed by atoms with Crippen molar-refractivity contribution in [3.8, 4) is 0 Å². The van der Waals surface area contributed by atoms with Gasteiger partial charge in [0.25, 0.3) is 12.3 Å². The van der Waals surface area contributed by atoms with Crippen molar-refractivity contribution in [3.05, 3.63) is 17.5 Å². The fourth-order valence-corrected chi connectivity index (χ4v) is 4.47. The molecule has 0 aliphatic carbocycles. The van der Waals surface area contributed by atoms with E-state index in [-0.39, 0.29) is 17.1 Å². The van der Waals surface area contributed by atoms with Crippen molar-refractivity contribution in [2.24, 2.45) is 7.05 Å². The Labute approximate surface area is 157 Å². The summed E-state index contributed by atoms with van der Waals surface area (Å²) in [4.78, 5) is 16.8. The predicted octanol–water partition coefficient (Wildman–Crippen LogP) is 1.45. The van der Waals surface area contributed by atoms with Gasteiger partial charge in [-0.3, -0.25) is 14.4 Å². The first-order valence-electron chi connectivity index (χ1n) is 9.54. The lowest BCUT2D eigenvalue weighted by Gasteiger charge is -2.39. The molecule has 3 aliphatic rings. The Kier molecular flexibility index (Phi) is 5.17. The van der Waals surface area contributed by atoms with Crippen LogP contribution >= 0.6 is 0 Å². The third-order valence-electron chi connectivity index (χ3n) is 6.01. The molecule has 1 aromatic rings. The Bertz CT molecular complexity index is 682. The highest BCUT2D eigenvalue weighted by molar-refractivity contribution is 5.95. The molecule has 7 nitrogen and oxygen atoms in total. The number of rotatable bonds is 3. The number of halogens is 2. The van der Waals surface area contributed by atoms with E-state index in [2.05, 4.69) is 10.00 Å². The standard InChI is InChI=1S/C18H26F2N4O3/c1-22-11-14(15(21-22)16(19)20)17(25)24-4-2-18(3-5-24)10-13(12-27-18)23-6-8-26-9-7-23/h11,13,16H,2-10,12H2,1H3/t13-/m1/s1. The predicted molar refractivity (Wildman–Crippen MR) is 92.8 cm³/mol. The summed E-state index contributed by atoms with van der Waals surface area (Å²) in [7, 11) is 1.55. The van der Waals surface area contributed by atoms with Crippen molar-refractivity contribution in [2.75, 3.05) is 46.0 Å². The topological polar surface area (TPSA) is 59.8 Å². The molecule has 0 unspecified atom stereocenters. The Balaban J connectivity index is 1.37. The third-order valence-corrected chi connectivity index (χ3v) is 6.01. The number of nitrogens with zero attached hydrogens (tertiary/aromatic N) is 4. The molecule has 1 amide bonds. The SMILES string of the molecule is Cn1cc(C(=O)N2CCC3(CC2)C[C@@H](N2CCOCC2)CO3)c(C(F)F)n1. The summed E-state index contributed by atoms with van der Waals surface area (Å²) in [6, 6.07) is 0.403. The zero-order valence-electron chi connectivity index (χ0n) is 15.6. The van der Waals surface area contributed by atoms with Gasteiger partial charge in [0.05, 0.1) is 31.0 Å². The van der Waals surface area contributed by atoms with E-state index in [1.54, 1.807) is 11.9 Å². The van der Waals surface area contributed by atoms with Crippen LogP contribution in [0.3, 0.4) is 0 Å². The molecule has 0 radical (unpaired) electrons. The first-order valence-corrected chi connectivity index (χ1v) is 9.54. The normalized spacial score (nSPS) is 26.2. The lowest BCUT2D eigenvalue weighted by Crippen LogP contribution is -2.48. The van der Waals surface area contributed by atoms with E-state index in [0.29, 0.717) is 25.7 Å². The Morgan fingerprint density at radius 3 is 2.63 bits per heavy atom. The fourth-order valence-electron chi connectivity index (χ4n) is 4.47. The summed E-state index contributed by atoms with van der Waals surface area (Å²) >= 11 is 0. The molecule has 4 heterocycles. The molecule has 150 valence electrons. The molecule has 3 saturated heterocycles. The number of carbonyl (C=O) groups excluding carboxylic acids is 1. The van der Waals surface area contributed by atoms with E-state index in [1.807, 2.05) is 0 Å². The summed E-state index contributed by atoms with van der Waals surface area (Å²) in [5.41, 5.74) is -0.630. The Morgan fingerprint density at radius 1 is 1.26 bits per heavy atom. The molecule has 1 spiro atoms. The number of morpholine rings is 1. The molecule has 1 aromatic heterocycles. The van der Waals surface area contributed by atoms with Crippen LogP contribution < -0.4 is 0 Å². The van der Waals surface area contributed by atoms with Gasteiger partial charge in [-0.2, -0.15) is 5.10 Å². The van der Waals surface area contributed by atoms with Crippen molar-refractivity contribution in [1.29, 1.82) is 0 Å². The van der Waals surface area contributed by atoms with Gasteiger partial charge in [-0.05, 0) is 19.3 Å². The van der Waals surface area contributed by atoms with E-state index in [4.69, 9.17) is 9.47 Å². The number of alkyl halides is 2. The summed E-state index contributed by atoms with van der Waals surface area (Å²) in [5.74, 6) is -0.365. The number of ether oxygens (including phenoxy) is 2. The number of likely N-dealkylation sites (tertiary alicyclic amines) is 1. The second-order valence-corrected chi connectivity index (χ2v) is 7.69. The van der Waals surface area contributed by atoms with Gasteiger partial charge in [0.1, 0.15) is 5.69 Å². The van der Waals surface area contributed by atoms with Crippen LogP contribution in [0, 0.1) is 0 Å². The minimum Gasteiger partial charge on any atom is -0.379 e. The van der Waals surface area contributed by atoms with E-state index < -0.39 is 12.1 Å². The van der Waals surface area contributed by atoms with Gasteiger partial charge in [0, 0.05) is 45.5 Å². The van der Waals surface area contributed by atoms with E-state index in [1.165, 1.54) is 10.9 Å². The highest BCUT2D eigenvalue weighted by Crippen LogP contribution is 2.38. The summed E-state index contributed by atoms with van der Waals surface area (Å²) in [5, 5.41) is 3.74.